The molecule has 0 spiro atoms. The largest absolute Gasteiger partial charge is 0.289 e. The fourth-order valence-electron chi connectivity index (χ4n) is 1.74. The molecule has 0 N–H and O–H groups in total. The maximum Gasteiger partial charge on any atom is 0.0956 e. The number of aromatic nitrogens is 1. The second kappa shape index (κ2) is 2.80. The third-order valence-electron chi connectivity index (χ3n) is 2.60. The van der Waals surface area contributed by atoms with E-state index >= 15 is 0 Å². The van der Waals surface area contributed by atoms with Crippen LogP contribution in [0.3, 0.4) is 0 Å². The molecule has 0 saturated carbocycles. The van der Waals surface area contributed by atoms with E-state index in [9.17, 15) is 0 Å². The number of hydrogen-bond acceptors (Lipinski definition) is 4. The molecule has 0 aliphatic carbocycles. The summed E-state index contributed by atoms with van der Waals surface area (Å²) in [6, 6.07) is 0. The Morgan fingerprint density at radius 3 is 2.85 bits per heavy atom. The average Bonchev–Trinajstić information content (AvgIpc) is 2.61. The van der Waals surface area contributed by atoms with Gasteiger partial charge in [0.25, 0.3) is 0 Å². The summed E-state index contributed by atoms with van der Waals surface area (Å²) in [4.78, 5) is 5.40. The minimum atomic E-state index is 0.0330. The first-order chi connectivity index (χ1) is 6.13. The minimum absolute atomic E-state index is 0.0330. The zero-order valence-electron chi connectivity index (χ0n) is 8.11. The van der Waals surface area contributed by atoms with Gasteiger partial charge in [0.05, 0.1) is 15.9 Å². The monoisotopic (exact) mass is 195 g/mol. The third-order valence-corrected chi connectivity index (χ3v) is 3.62. The highest BCUT2D eigenvalue weighted by Gasteiger charge is 2.37. The van der Waals surface area contributed by atoms with Crippen molar-refractivity contribution in [2.45, 2.75) is 25.8 Å². The molecular weight excluding hydrogens is 182 g/mol. The summed E-state index contributed by atoms with van der Waals surface area (Å²) in [5.74, 6) is 0. The molecule has 2 rings (SSSR count). The highest BCUT2D eigenvalue weighted by atomic mass is 32.1. The summed E-state index contributed by atoms with van der Waals surface area (Å²) in [5, 5.41) is 6.46. The summed E-state index contributed by atoms with van der Waals surface area (Å²) in [6.07, 6.45) is 2.95. The first kappa shape index (κ1) is 8.69. The molecule has 1 aromatic rings. The van der Waals surface area contributed by atoms with Gasteiger partial charge < -0.3 is 0 Å². The topological polar surface area (TPSA) is 28.5 Å². The van der Waals surface area contributed by atoms with Gasteiger partial charge in [0.2, 0.25) is 0 Å². The van der Waals surface area contributed by atoms with E-state index in [1.54, 1.807) is 11.3 Å². The molecule has 13 heavy (non-hydrogen) atoms. The maximum atomic E-state index is 4.43. The molecule has 0 amide bonds. The van der Waals surface area contributed by atoms with Crippen LogP contribution in [0, 0.1) is 0 Å². The Morgan fingerprint density at radius 1 is 1.62 bits per heavy atom. The molecule has 1 aromatic heterocycles. The van der Waals surface area contributed by atoms with Gasteiger partial charge in [-0.05, 0) is 13.8 Å². The zero-order valence-corrected chi connectivity index (χ0v) is 8.93. The maximum absolute atomic E-state index is 4.43. The molecule has 1 unspecified atom stereocenters. The lowest BCUT2D eigenvalue weighted by Crippen LogP contribution is -2.33. The fraction of sp³-hybridized carbons (Fsp3) is 0.556. The van der Waals surface area contributed by atoms with E-state index in [0.29, 0.717) is 0 Å². The molecule has 0 aromatic carbocycles. The van der Waals surface area contributed by atoms with Crippen molar-refractivity contribution in [3.05, 3.63) is 16.6 Å². The fourth-order valence-corrected chi connectivity index (χ4v) is 2.56. The van der Waals surface area contributed by atoms with E-state index < -0.39 is 0 Å². The lowest BCUT2D eigenvalue weighted by molar-refractivity contribution is 0.178. The van der Waals surface area contributed by atoms with Crippen LogP contribution in [0.4, 0.5) is 0 Å². The van der Waals surface area contributed by atoms with Crippen LogP contribution < -0.4 is 0 Å². The molecule has 0 saturated heterocycles. The quantitative estimate of drug-likeness (QED) is 0.686. The Morgan fingerprint density at radius 2 is 2.38 bits per heavy atom. The number of nitrogens with zero attached hydrogens (tertiary/aromatic N) is 3. The van der Waals surface area contributed by atoms with Crippen LogP contribution in [-0.2, 0) is 5.54 Å². The van der Waals surface area contributed by atoms with Crippen molar-refractivity contribution in [3.63, 3.8) is 0 Å². The average molecular weight is 195 g/mol. The van der Waals surface area contributed by atoms with Crippen LogP contribution in [0.25, 0.3) is 0 Å². The molecule has 1 aliphatic heterocycles. The van der Waals surface area contributed by atoms with Crippen molar-refractivity contribution in [1.29, 1.82) is 0 Å². The standard InChI is InChI=1S/C9H13N3S/c1-7-4-9(2,12(3)11-7)8-5-10-6-13-8/h5-6H,4H2,1-3H3. The summed E-state index contributed by atoms with van der Waals surface area (Å²) in [5.41, 5.74) is 3.10. The SMILES string of the molecule is CC1=NN(C)C(C)(c2cncs2)C1. The smallest absolute Gasteiger partial charge is 0.0956 e. The number of thiazole rings is 1. The van der Waals surface area contributed by atoms with Crippen molar-refractivity contribution in [2.75, 3.05) is 7.05 Å². The molecule has 3 nitrogen and oxygen atoms in total. The summed E-state index contributed by atoms with van der Waals surface area (Å²) < 4.78 is 0. The van der Waals surface area contributed by atoms with E-state index in [0.717, 1.165) is 6.42 Å². The van der Waals surface area contributed by atoms with Gasteiger partial charge in [-0.3, -0.25) is 9.99 Å². The van der Waals surface area contributed by atoms with Crippen LogP contribution in [0.1, 0.15) is 25.1 Å². The van der Waals surface area contributed by atoms with Gasteiger partial charge in [0.1, 0.15) is 0 Å². The van der Waals surface area contributed by atoms with Gasteiger partial charge in [0, 0.05) is 25.4 Å². The Balaban J connectivity index is 2.34. The van der Waals surface area contributed by atoms with Crippen LogP contribution in [0.2, 0.25) is 0 Å². The molecule has 2 heterocycles. The first-order valence-corrected chi connectivity index (χ1v) is 5.18. The van der Waals surface area contributed by atoms with Crippen molar-refractivity contribution in [2.24, 2.45) is 5.10 Å². The second-order valence-corrected chi connectivity index (χ2v) is 4.56. The normalized spacial score (nSPS) is 27.9. The third kappa shape index (κ3) is 1.25. The molecular formula is C9H13N3S. The van der Waals surface area contributed by atoms with E-state index in [-0.39, 0.29) is 5.54 Å². The predicted molar refractivity (Wildman–Crippen MR) is 55.0 cm³/mol. The van der Waals surface area contributed by atoms with Crippen molar-refractivity contribution < 1.29 is 0 Å². The predicted octanol–water partition coefficient (Wildman–Crippen LogP) is 2.07. The molecule has 0 radical (unpaired) electrons. The van der Waals surface area contributed by atoms with Gasteiger partial charge in [-0.15, -0.1) is 11.3 Å². The first-order valence-electron chi connectivity index (χ1n) is 4.30. The van der Waals surface area contributed by atoms with Gasteiger partial charge in [-0.25, -0.2) is 0 Å². The Hall–Kier alpha value is -0.900. The van der Waals surface area contributed by atoms with Crippen LogP contribution in [0.5, 0.6) is 0 Å². The molecule has 0 bridgehead atoms. The van der Waals surface area contributed by atoms with Gasteiger partial charge >= 0.3 is 0 Å². The Labute approximate surface area is 82.1 Å². The van der Waals surface area contributed by atoms with Crippen LogP contribution in [0.15, 0.2) is 16.8 Å². The summed E-state index contributed by atoms with van der Waals surface area (Å²) >= 11 is 1.70. The van der Waals surface area contributed by atoms with Gasteiger partial charge in [-0.2, -0.15) is 5.10 Å². The number of hydrazone groups is 1. The minimum Gasteiger partial charge on any atom is -0.289 e. The molecule has 1 aliphatic rings. The van der Waals surface area contributed by atoms with Crippen molar-refractivity contribution in [1.82, 2.24) is 9.99 Å². The molecule has 4 heteroatoms. The summed E-state index contributed by atoms with van der Waals surface area (Å²) in [6.45, 7) is 4.28. The van der Waals surface area contributed by atoms with E-state index in [1.807, 2.05) is 23.8 Å². The van der Waals surface area contributed by atoms with Crippen LogP contribution in [-0.4, -0.2) is 22.8 Å². The molecule has 70 valence electrons. The lowest BCUT2D eigenvalue weighted by Gasteiger charge is -2.29. The van der Waals surface area contributed by atoms with E-state index in [2.05, 4.69) is 23.9 Å². The Kier molecular flexibility index (Phi) is 1.87. The highest BCUT2D eigenvalue weighted by Crippen LogP contribution is 2.37. The van der Waals surface area contributed by atoms with E-state index in [4.69, 9.17) is 0 Å². The van der Waals surface area contributed by atoms with Gasteiger partial charge in [-0.1, -0.05) is 0 Å². The van der Waals surface area contributed by atoms with Crippen molar-refractivity contribution >= 4 is 17.0 Å². The molecule has 0 fully saturated rings. The zero-order chi connectivity index (χ0) is 9.47. The van der Waals surface area contributed by atoms with E-state index in [1.165, 1.54) is 10.6 Å². The van der Waals surface area contributed by atoms with Gasteiger partial charge in [0.15, 0.2) is 0 Å². The number of hydrogen-bond donors (Lipinski definition) is 0. The second-order valence-electron chi connectivity index (χ2n) is 3.68. The highest BCUT2D eigenvalue weighted by molar-refractivity contribution is 7.09. The number of rotatable bonds is 1. The van der Waals surface area contributed by atoms with Crippen molar-refractivity contribution in [3.8, 4) is 0 Å². The van der Waals surface area contributed by atoms with Crippen LogP contribution >= 0.6 is 11.3 Å². The molecule has 1 atom stereocenters. The summed E-state index contributed by atoms with van der Waals surface area (Å²) in [7, 11) is 2.02. The lowest BCUT2D eigenvalue weighted by atomic mass is 9.95. The Bertz CT molecular complexity index is 331.